The van der Waals surface area contributed by atoms with Gasteiger partial charge in [-0.05, 0) is 12.8 Å². The van der Waals surface area contributed by atoms with Gasteiger partial charge in [-0.2, -0.15) is 10.4 Å². The molecule has 0 saturated carbocycles. The Kier molecular flexibility index (Phi) is 3.78. The zero-order valence-corrected chi connectivity index (χ0v) is 11.1. The molecule has 1 aromatic rings. The predicted molar refractivity (Wildman–Crippen MR) is 64.9 cm³/mol. The van der Waals surface area contributed by atoms with Crippen LogP contribution in [0.1, 0.15) is 32.4 Å². The molecule has 0 bridgehead atoms. The van der Waals surface area contributed by atoms with Gasteiger partial charge in [-0.3, -0.25) is 9.40 Å². The summed E-state index contributed by atoms with van der Waals surface area (Å²) in [6.07, 6.45) is 1.59. The van der Waals surface area contributed by atoms with Gasteiger partial charge in [-0.1, -0.05) is 13.8 Å². The van der Waals surface area contributed by atoms with Gasteiger partial charge in [0.2, 0.25) is 10.0 Å². The summed E-state index contributed by atoms with van der Waals surface area (Å²) in [6, 6.07) is 1.70. The van der Waals surface area contributed by atoms with Crippen molar-refractivity contribution in [2.75, 3.05) is 4.72 Å². The third-order valence-corrected chi connectivity index (χ3v) is 3.84. The minimum Gasteiger partial charge on any atom is -0.279 e. The summed E-state index contributed by atoms with van der Waals surface area (Å²) in [7, 11) is -1.95. The maximum atomic E-state index is 11.7. The first kappa shape index (κ1) is 13.5. The van der Waals surface area contributed by atoms with Crippen LogP contribution < -0.4 is 4.72 Å². The maximum absolute atomic E-state index is 11.7. The van der Waals surface area contributed by atoms with Gasteiger partial charge in [0, 0.05) is 13.2 Å². The van der Waals surface area contributed by atoms with Crippen molar-refractivity contribution in [1.29, 1.82) is 5.26 Å². The van der Waals surface area contributed by atoms with Crippen LogP contribution in [-0.2, 0) is 17.1 Å². The van der Waals surface area contributed by atoms with Crippen LogP contribution in [0.25, 0.3) is 0 Å². The Morgan fingerprint density at radius 1 is 1.47 bits per heavy atom. The van der Waals surface area contributed by atoms with Crippen molar-refractivity contribution in [1.82, 2.24) is 9.78 Å². The third kappa shape index (κ3) is 2.97. The first-order valence-electron chi connectivity index (χ1n) is 5.22. The van der Waals surface area contributed by atoms with Gasteiger partial charge >= 0.3 is 0 Å². The molecule has 0 amide bonds. The van der Waals surface area contributed by atoms with E-state index in [1.165, 1.54) is 6.92 Å². The highest BCUT2D eigenvalue weighted by Crippen LogP contribution is 2.23. The smallest absolute Gasteiger partial charge is 0.248 e. The summed E-state index contributed by atoms with van der Waals surface area (Å²) in [5, 5.41) is 11.7. The molecule has 1 N–H and O–H groups in total. The fourth-order valence-electron chi connectivity index (χ4n) is 1.32. The molecule has 0 aromatic carbocycles. The van der Waals surface area contributed by atoms with Gasteiger partial charge in [-0.25, -0.2) is 8.42 Å². The average Bonchev–Trinajstić information content (AvgIpc) is 2.57. The van der Waals surface area contributed by atoms with Crippen LogP contribution >= 0.6 is 0 Å². The quantitative estimate of drug-likeness (QED) is 0.876. The molecule has 1 rings (SSSR count). The van der Waals surface area contributed by atoms with Gasteiger partial charge in [0.25, 0.3) is 0 Å². The molecular weight excluding hydrogens is 240 g/mol. The van der Waals surface area contributed by atoms with Crippen LogP contribution in [0.3, 0.4) is 0 Å². The van der Waals surface area contributed by atoms with Gasteiger partial charge < -0.3 is 0 Å². The average molecular weight is 256 g/mol. The van der Waals surface area contributed by atoms with E-state index in [1.807, 2.05) is 13.8 Å². The third-order valence-electron chi connectivity index (χ3n) is 2.30. The first-order valence-corrected chi connectivity index (χ1v) is 6.77. The standard InChI is InChI=1S/C10H16N4O2S/c1-7(2)10-9(6-14(4)12-10)13-17(15,16)8(3)5-11/h6-8,13H,1-4H3. The zero-order valence-electron chi connectivity index (χ0n) is 10.3. The molecule has 1 atom stereocenters. The van der Waals surface area contributed by atoms with Crippen LogP contribution in [0.15, 0.2) is 6.20 Å². The Bertz CT molecular complexity index is 539. The molecule has 0 aliphatic heterocycles. The molecular formula is C10H16N4O2S. The Labute approximate surface area is 101 Å². The van der Waals surface area contributed by atoms with Crippen LogP contribution in [0.2, 0.25) is 0 Å². The molecule has 94 valence electrons. The van der Waals surface area contributed by atoms with Crippen molar-refractivity contribution in [3.05, 3.63) is 11.9 Å². The van der Waals surface area contributed by atoms with E-state index in [1.54, 1.807) is 24.0 Å². The maximum Gasteiger partial charge on any atom is 0.248 e. The SMILES string of the molecule is CC(C)c1nn(C)cc1NS(=O)(=O)C(C)C#N. The van der Waals surface area contributed by atoms with E-state index in [-0.39, 0.29) is 5.92 Å². The summed E-state index contributed by atoms with van der Waals surface area (Å²) in [4.78, 5) is 0. The minimum atomic E-state index is -3.67. The van der Waals surface area contributed by atoms with Gasteiger partial charge in [0.15, 0.2) is 5.25 Å². The van der Waals surface area contributed by atoms with Crippen molar-refractivity contribution in [3.63, 3.8) is 0 Å². The van der Waals surface area contributed by atoms with E-state index < -0.39 is 15.3 Å². The van der Waals surface area contributed by atoms with Crippen LogP contribution in [0.5, 0.6) is 0 Å². The molecule has 0 radical (unpaired) electrons. The summed E-state index contributed by atoms with van der Waals surface area (Å²) >= 11 is 0. The molecule has 0 aliphatic rings. The van der Waals surface area contributed by atoms with Crippen LogP contribution in [-0.4, -0.2) is 23.4 Å². The van der Waals surface area contributed by atoms with Crippen molar-refractivity contribution >= 4 is 15.7 Å². The fraction of sp³-hybridized carbons (Fsp3) is 0.600. The number of hydrogen-bond acceptors (Lipinski definition) is 4. The number of nitrogens with zero attached hydrogens (tertiary/aromatic N) is 3. The van der Waals surface area contributed by atoms with Crippen molar-refractivity contribution in [2.24, 2.45) is 7.05 Å². The molecule has 1 heterocycles. The highest BCUT2D eigenvalue weighted by atomic mass is 32.2. The normalized spacial score (nSPS) is 13.4. The number of sulfonamides is 1. The second-order valence-electron chi connectivity index (χ2n) is 4.17. The number of rotatable bonds is 4. The predicted octanol–water partition coefficient (Wildman–Crippen LogP) is 1.20. The number of hydrogen-bond donors (Lipinski definition) is 1. The molecule has 0 saturated heterocycles. The first-order chi connectivity index (χ1) is 7.77. The molecule has 17 heavy (non-hydrogen) atoms. The highest BCUT2D eigenvalue weighted by Gasteiger charge is 2.23. The molecule has 0 spiro atoms. The van der Waals surface area contributed by atoms with E-state index in [9.17, 15) is 8.42 Å². The highest BCUT2D eigenvalue weighted by molar-refractivity contribution is 7.93. The number of anilines is 1. The lowest BCUT2D eigenvalue weighted by Crippen LogP contribution is -2.24. The zero-order chi connectivity index (χ0) is 13.2. The summed E-state index contributed by atoms with van der Waals surface area (Å²) in [5.74, 6) is 0.103. The second-order valence-corrected chi connectivity index (χ2v) is 6.18. The molecule has 1 aromatic heterocycles. The summed E-state index contributed by atoms with van der Waals surface area (Å²) in [6.45, 7) is 5.19. The lowest BCUT2D eigenvalue weighted by Gasteiger charge is -2.10. The van der Waals surface area contributed by atoms with Crippen molar-refractivity contribution < 1.29 is 8.42 Å². The number of nitriles is 1. The monoisotopic (exact) mass is 256 g/mol. The number of aryl methyl sites for hydroxylation is 1. The molecule has 1 unspecified atom stereocenters. The molecule has 0 aliphatic carbocycles. The Balaban J connectivity index is 3.09. The van der Waals surface area contributed by atoms with E-state index in [2.05, 4.69) is 9.82 Å². The van der Waals surface area contributed by atoms with Crippen LogP contribution in [0, 0.1) is 11.3 Å². The topological polar surface area (TPSA) is 87.8 Å². The Hall–Kier alpha value is -1.55. The number of nitrogens with one attached hydrogen (secondary N) is 1. The van der Waals surface area contributed by atoms with Crippen molar-refractivity contribution in [3.8, 4) is 6.07 Å². The molecule has 7 heteroatoms. The second kappa shape index (κ2) is 4.75. The molecule has 0 fully saturated rings. The van der Waals surface area contributed by atoms with Crippen molar-refractivity contribution in [2.45, 2.75) is 31.9 Å². The lowest BCUT2D eigenvalue weighted by molar-refractivity contribution is 0.597. The van der Waals surface area contributed by atoms with Crippen LogP contribution in [0.4, 0.5) is 5.69 Å². The summed E-state index contributed by atoms with van der Waals surface area (Å²) in [5.41, 5.74) is 1.10. The van der Waals surface area contributed by atoms with E-state index in [0.717, 1.165) is 0 Å². The van der Waals surface area contributed by atoms with Gasteiger partial charge in [0.05, 0.1) is 17.5 Å². The minimum absolute atomic E-state index is 0.103. The molecule has 6 nitrogen and oxygen atoms in total. The Morgan fingerprint density at radius 2 is 2.06 bits per heavy atom. The number of aromatic nitrogens is 2. The van der Waals surface area contributed by atoms with E-state index in [4.69, 9.17) is 5.26 Å². The van der Waals surface area contributed by atoms with E-state index >= 15 is 0 Å². The fourth-order valence-corrected chi connectivity index (χ4v) is 2.10. The summed E-state index contributed by atoms with van der Waals surface area (Å²) < 4.78 is 27.4. The Morgan fingerprint density at radius 3 is 2.53 bits per heavy atom. The lowest BCUT2D eigenvalue weighted by atomic mass is 10.1. The van der Waals surface area contributed by atoms with Gasteiger partial charge in [-0.15, -0.1) is 0 Å². The van der Waals surface area contributed by atoms with E-state index in [0.29, 0.717) is 11.4 Å². The van der Waals surface area contributed by atoms with Gasteiger partial charge in [0.1, 0.15) is 0 Å². The largest absolute Gasteiger partial charge is 0.279 e.